The van der Waals surface area contributed by atoms with Gasteiger partial charge in [0.1, 0.15) is 5.82 Å². The standard InChI is InChI=1S/C13H16ClFN2OS/c14-11-7-9(15)1-2-12(11)17-13(18)8-19-10-3-5-16-6-4-10/h1-2,7,10,16H,3-6,8H2,(H,17,18). The number of amides is 1. The lowest BCUT2D eigenvalue weighted by atomic mass is 10.2. The minimum absolute atomic E-state index is 0.1000. The van der Waals surface area contributed by atoms with E-state index < -0.39 is 5.82 Å². The molecular weight excluding hydrogens is 287 g/mol. The van der Waals surface area contributed by atoms with Crippen molar-refractivity contribution in [3.63, 3.8) is 0 Å². The Morgan fingerprint density at radius 2 is 2.21 bits per heavy atom. The van der Waals surface area contributed by atoms with Gasteiger partial charge in [0, 0.05) is 5.25 Å². The van der Waals surface area contributed by atoms with Crippen molar-refractivity contribution < 1.29 is 9.18 Å². The predicted octanol–water partition coefficient (Wildman–Crippen LogP) is 2.90. The third-order valence-electron chi connectivity index (χ3n) is 2.94. The highest BCUT2D eigenvalue weighted by Crippen LogP contribution is 2.24. The number of carbonyl (C=O) groups is 1. The molecule has 1 aliphatic heterocycles. The minimum Gasteiger partial charge on any atom is -0.324 e. The molecule has 1 amide bonds. The summed E-state index contributed by atoms with van der Waals surface area (Å²) < 4.78 is 12.9. The number of piperidine rings is 1. The van der Waals surface area contributed by atoms with E-state index in [-0.39, 0.29) is 10.9 Å². The Hall–Kier alpha value is -0.780. The predicted molar refractivity (Wildman–Crippen MR) is 78.4 cm³/mol. The van der Waals surface area contributed by atoms with Crippen molar-refractivity contribution in [3.8, 4) is 0 Å². The molecule has 6 heteroatoms. The lowest BCUT2D eigenvalue weighted by Gasteiger charge is -2.21. The zero-order valence-electron chi connectivity index (χ0n) is 10.4. The van der Waals surface area contributed by atoms with Crippen LogP contribution in [0.2, 0.25) is 5.02 Å². The van der Waals surface area contributed by atoms with Crippen LogP contribution in [0.4, 0.5) is 10.1 Å². The van der Waals surface area contributed by atoms with Crippen LogP contribution in [-0.2, 0) is 4.79 Å². The Morgan fingerprint density at radius 3 is 2.89 bits per heavy atom. The first kappa shape index (κ1) is 14.6. The molecule has 0 saturated carbocycles. The average molecular weight is 303 g/mol. The number of nitrogens with one attached hydrogen (secondary N) is 2. The third kappa shape index (κ3) is 4.67. The van der Waals surface area contributed by atoms with Gasteiger partial charge < -0.3 is 10.6 Å². The summed E-state index contributed by atoms with van der Waals surface area (Å²) in [6.45, 7) is 2.03. The molecule has 19 heavy (non-hydrogen) atoms. The summed E-state index contributed by atoms with van der Waals surface area (Å²) >= 11 is 7.52. The van der Waals surface area contributed by atoms with Gasteiger partial charge in [-0.25, -0.2) is 4.39 Å². The molecule has 0 radical (unpaired) electrons. The molecule has 0 spiro atoms. The fourth-order valence-corrected chi connectivity index (χ4v) is 3.18. The van der Waals surface area contributed by atoms with Crippen LogP contribution in [0, 0.1) is 5.82 Å². The Labute approximate surface area is 121 Å². The summed E-state index contributed by atoms with van der Waals surface area (Å²) in [5.41, 5.74) is 0.457. The van der Waals surface area contributed by atoms with Gasteiger partial charge in [0.25, 0.3) is 0 Å². The SMILES string of the molecule is O=C(CSC1CCNCC1)Nc1ccc(F)cc1Cl. The fraction of sp³-hybridized carbons (Fsp3) is 0.462. The quantitative estimate of drug-likeness (QED) is 0.898. The zero-order valence-corrected chi connectivity index (χ0v) is 12.0. The summed E-state index contributed by atoms with van der Waals surface area (Å²) in [6.07, 6.45) is 2.19. The van der Waals surface area contributed by atoms with Crippen molar-refractivity contribution in [1.82, 2.24) is 5.32 Å². The molecule has 2 rings (SSSR count). The van der Waals surface area contributed by atoms with Gasteiger partial charge in [-0.1, -0.05) is 11.6 Å². The number of hydrogen-bond acceptors (Lipinski definition) is 3. The summed E-state index contributed by atoms with van der Waals surface area (Å²) in [5, 5.41) is 6.75. The molecule has 0 aliphatic carbocycles. The Kier molecular flexibility index (Phi) is 5.48. The number of halogens is 2. The first-order valence-electron chi connectivity index (χ1n) is 6.22. The van der Waals surface area contributed by atoms with Gasteiger partial charge in [-0.2, -0.15) is 0 Å². The molecule has 1 aliphatic rings. The van der Waals surface area contributed by atoms with E-state index >= 15 is 0 Å². The highest BCUT2D eigenvalue weighted by atomic mass is 35.5. The van der Waals surface area contributed by atoms with Gasteiger partial charge in [-0.05, 0) is 44.1 Å². The van der Waals surface area contributed by atoms with E-state index in [0.29, 0.717) is 16.7 Å². The molecule has 0 bridgehead atoms. The van der Waals surface area contributed by atoms with Crippen molar-refractivity contribution in [3.05, 3.63) is 29.0 Å². The molecule has 1 heterocycles. The molecule has 0 unspecified atom stereocenters. The summed E-state index contributed by atoms with van der Waals surface area (Å²) in [5.74, 6) is -0.109. The lowest BCUT2D eigenvalue weighted by Crippen LogP contribution is -2.30. The molecule has 1 fully saturated rings. The van der Waals surface area contributed by atoms with E-state index in [1.807, 2.05) is 0 Å². The van der Waals surface area contributed by atoms with Gasteiger partial charge in [0.2, 0.25) is 5.91 Å². The van der Waals surface area contributed by atoms with E-state index in [0.717, 1.165) is 25.9 Å². The molecule has 0 aromatic heterocycles. The molecular formula is C13H16ClFN2OS. The van der Waals surface area contributed by atoms with Crippen molar-refractivity contribution >= 4 is 35.0 Å². The molecule has 104 valence electrons. The molecule has 1 saturated heterocycles. The number of thioether (sulfide) groups is 1. The Morgan fingerprint density at radius 1 is 1.47 bits per heavy atom. The molecule has 1 aromatic carbocycles. The zero-order chi connectivity index (χ0) is 13.7. The van der Waals surface area contributed by atoms with Gasteiger partial charge in [-0.3, -0.25) is 4.79 Å². The summed E-state index contributed by atoms with van der Waals surface area (Å²) in [6, 6.07) is 3.95. The van der Waals surface area contributed by atoms with Crippen molar-refractivity contribution in [2.75, 3.05) is 24.2 Å². The minimum atomic E-state index is -0.410. The molecule has 0 atom stereocenters. The number of benzene rings is 1. The number of rotatable bonds is 4. The largest absolute Gasteiger partial charge is 0.324 e. The Balaban J connectivity index is 1.80. The maximum Gasteiger partial charge on any atom is 0.234 e. The van der Waals surface area contributed by atoms with Gasteiger partial charge in [0.05, 0.1) is 16.5 Å². The smallest absolute Gasteiger partial charge is 0.234 e. The lowest BCUT2D eigenvalue weighted by molar-refractivity contribution is -0.113. The van der Waals surface area contributed by atoms with Crippen molar-refractivity contribution in [2.24, 2.45) is 0 Å². The van der Waals surface area contributed by atoms with Crippen LogP contribution in [-0.4, -0.2) is 30.0 Å². The number of hydrogen-bond donors (Lipinski definition) is 2. The highest BCUT2D eigenvalue weighted by molar-refractivity contribution is 8.00. The van der Waals surface area contributed by atoms with Crippen molar-refractivity contribution in [1.29, 1.82) is 0 Å². The van der Waals surface area contributed by atoms with Gasteiger partial charge in [0.15, 0.2) is 0 Å². The van der Waals surface area contributed by atoms with E-state index in [4.69, 9.17) is 11.6 Å². The van der Waals surface area contributed by atoms with Crippen LogP contribution in [0.1, 0.15) is 12.8 Å². The average Bonchev–Trinajstić information content (AvgIpc) is 2.41. The van der Waals surface area contributed by atoms with Crippen LogP contribution < -0.4 is 10.6 Å². The third-order valence-corrected chi connectivity index (χ3v) is 4.63. The number of carbonyl (C=O) groups excluding carboxylic acids is 1. The van der Waals surface area contributed by atoms with E-state index in [2.05, 4.69) is 10.6 Å². The second kappa shape index (κ2) is 7.12. The van der Waals surface area contributed by atoms with Gasteiger partial charge >= 0.3 is 0 Å². The maximum absolute atomic E-state index is 12.9. The van der Waals surface area contributed by atoms with Crippen LogP contribution in [0.3, 0.4) is 0 Å². The fourth-order valence-electron chi connectivity index (χ4n) is 1.93. The van der Waals surface area contributed by atoms with E-state index in [9.17, 15) is 9.18 Å². The molecule has 3 nitrogen and oxygen atoms in total. The highest BCUT2D eigenvalue weighted by Gasteiger charge is 2.15. The van der Waals surface area contributed by atoms with Crippen LogP contribution in [0.25, 0.3) is 0 Å². The number of anilines is 1. The second-order valence-corrected chi connectivity index (χ2v) is 6.13. The monoisotopic (exact) mass is 302 g/mol. The first-order chi connectivity index (χ1) is 9.15. The second-order valence-electron chi connectivity index (χ2n) is 4.43. The Bertz CT molecular complexity index is 452. The topological polar surface area (TPSA) is 41.1 Å². The van der Waals surface area contributed by atoms with Gasteiger partial charge in [-0.15, -0.1) is 11.8 Å². The van der Waals surface area contributed by atoms with E-state index in [1.54, 1.807) is 11.8 Å². The summed E-state index contributed by atoms with van der Waals surface area (Å²) in [4.78, 5) is 11.8. The van der Waals surface area contributed by atoms with Crippen LogP contribution in [0.15, 0.2) is 18.2 Å². The van der Waals surface area contributed by atoms with Crippen LogP contribution in [0.5, 0.6) is 0 Å². The van der Waals surface area contributed by atoms with Crippen LogP contribution >= 0.6 is 23.4 Å². The van der Waals surface area contributed by atoms with Crippen molar-refractivity contribution in [2.45, 2.75) is 18.1 Å². The normalized spacial score (nSPS) is 16.3. The molecule has 2 N–H and O–H groups in total. The summed E-state index contributed by atoms with van der Waals surface area (Å²) in [7, 11) is 0. The maximum atomic E-state index is 12.9. The molecule has 1 aromatic rings. The van der Waals surface area contributed by atoms with E-state index in [1.165, 1.54) is 18.2 Å². The first-order valence-corrected chi connectivity index (χ1v) is 7.65.